The van der Waals surface area contributed by atoms with Gasteiger partial charge in [0.15, 0.2) is 0 Å². The van der Waals surface area contributed by atoms with Crippen molar-refractivity contribution in [2.24, 2.45) is 5.11 Å². The van der Waals surface area contributed by atoms with Gasteiger partial charge in [0.2, 0.25) is 0 Å². The maximum absolute atomic E-state index is 8.91. The van der Waals surface area contributed by atoms with E-state index in [-0.39, 0.29) is 13.2 Å². The van der Waals surface area contributed by atoms with Gasteiger partial charge >= 0.3 is 0 Å². The first-order valence-electron chi connectivity index (χ1n) is 4.48. The van der Waals surface area contributed by atoms with Gasteiger partial charge < -0.3 is 5.11 Å². The maximum atomic E-state index is 8.91. The molecule has 0 radical (unpaired) electrons. The van der Waals surface area contributed by atoms with Crippen LogP contribution in [0, 0.1) is 18.8 Å². The average Bonchev–Trinajstić information content (AvgIpc) is 2.26. The molecule has 1 rings (SSSR count). The van der Waals surface area contributed by atoms with Gasteiger partial charge in [0.25, 0.3) is 0 Å². The molecule has 0 aliphatic heterocycles. The monoisotopic (exact) mass is 201 g/mol. The Morgan fingerprint density at radius 3 is 2.93 bits per heavy atom. The smallest absolute Gasteiger partial charge is 0.0880 e. The lowest BCUT2D eigenvalue weighted by Gasteiger charge is -2.00. The number of hydrogen-bond donors (Lipinski definition) is 1. The molecule has 0 aromatic heterocycles. The number of azide groups is 1. The summed E-state index contributed by atoms with van der Waals surface area (Å²) in [6.45, 7) is 2.14. The summed E-state index contributed by atoms with van der Waals surface area (Å²) in [5.74, 6) is 5.65. The molecule has 0 aliphatic carbocycles. The van der Waals surface area contributed by atoms with Crippen molar-refractivity contribution in [1.29, 1.82) is 0 Å². The largest absolute Gasteiger partial charge is 0.392 e. The van der Waals surface area contributed by atoms with Crippen LogP contribution in [0.2, 0.25) is 0 Å². The zero-order valence-electron chi connectivity index (χ0n) is 8.44. The van der Waals surface area contributed by atoms with Crippen LogP contribution in [0.25, 0.3) is 10.4 Å². The Labute approximate surface area is 88.2 Å². The van der Waals surface area contributed by atoms with E-state index in [1.807, 2.05) is 25.1 Å². The average molecular weight is 201 g/mol. The molecule has 4 nitrogen and oxygen atoms in total. The summed E-state index contributed by atoms with van der Waals surface area (Å²) in [6.07, 6.45) is 0. The lowest BCUT2D eigenvalue weighted by atomic mass is 10.1. The van der Waals surface area contributed by atoms with E-state index in [1.165, 1.54) is 0 Å². The van der Waals surface area contributed by atoms with Gasteiger partial charge in [-0.15, -0.1) is 0 Å². The van der Waals surface area contributed by atoms with Crippen molar-refractivity contribution in [3.63, 3.8) is 0 Å². The van der Waals surface area contributed by atoms with E-state index in [4.69, 9.17) is 10.6 Å². The Bertz CT molecular complexity index is 451. The van der Waals surface area contributed by atoms with Gasteiger partial charge in [-0.3, -0.25) is 0 Å². The van der Waals surface area contributed by atoms with Gasteiger partial charge in [-0.1, -0.05) is 29.1 Å². The fourth-order valence-electron chi connectivity index (χ4n) is 1.17. The second kappa shape index (κ2) is 5.71. The first-order chi connectivity index (χ1) is 7.27. The summed E-state index contributed by atoms with van der Waals surface area (Å²) >= 11 is 0. The second-order valence-electron chi connectivity index (χ2n) is 3.00. The molecule has 0 aliphatic rings. The van der Waals surface area contributed by atoms with Crippen LogP contribution in [-0.2, 0) is 6.61 Å². The number of rotatable bonds is 2. The highest BCUT2D eigenvalue weighted by Crippen LogP contribution is 2.09. The van der Waals surface area contributed by atoms with Gasteiger partial charge in [-0.25, -0.2) is 0 Å². The number of aryl methyl sites for hydroxylation is 1. The fraction of sp³-hybridized carbons (Fsp3) is 0.273. The third-order valence-corrected chi connectivity index (χ3v) is 1.91. The summed E-state index contributed by atoms with van der Waals surface area (Å²) in [5.41, 5.74) is 10.8. The molecule has 76 valence electrons. The minimum absolute atomic E-state index is 0.0350. The number of aliphatic hydroxyl groups is 1. The topological polar surface area (TPSA) is 69.0 Å². The summed E-state index contributed by atoms with van der Waals surface area (Å²) in [5, 5.41) is 12.2. The molecular formula is C11H11N3O. The Morgan fingerprint density at radius 2 is 2.33 bits per heavy atom. The predicted molar refractivity (Wildman–Crippen MR) is 58.0 cm³/mol. The minimum Gasteiger partial charge on any atom is -0.392 e. The van der Waals surface area contributed by atoms with Crippen LogP contribution < -0.4 is 0 Å². The molecule has 0 fully saturated rings. The Hall–Kier alpha value is -1.95. The van der Waals surface area contributed by atoms with Crippen molar-refractivity contribution < 1.29 is 5.11 Å². The van der Waals surface area contributed by atoms with E-state index in [0.29, 0.717) is 0 Å². The van der Waals surface area contributed by atoms with Gasteiger partial charge in [0, 0.05) is 10.5 Å². The molecule has 1 aromatic rings. The second-order valence-corrected chi connectivity index (χ2v) is 3.00. The maximum Gasteiger partial charge on any atom is 0.0880 e. The number of nitrogens with zero attached hydrogens (tertiary/aromatic N) is 3. The van der Waals surface area contributed by atoms with Gasteiger partial charge in [-0.2, -0.15) is 0 Å². The molecule has 0 spiro atoms. The van der Waals surface area contributed by atoms with Crippen LogP contribution >= 0.6 is 0 Å². The van der Waals surface area contributed by atoms with E-state index in [9.17, 15) is 0 Å². The van der Waals surface area contributed by atoms with Crippen LogP contribution in [0.4, 0.5) is 0 Å². The van der Waals surface area contributed by atoms with E-state index >= 15 is 0 Å². The molecule has 0 unspecified atom stereocenters. The molecule has 1 aromatic carbocycles. The summed E-state index contributed by atoms with van der Waals surface area (Å²) in [7, 11) is 0. The van der Waals surface area contributed by atoms with Gasteiger partial charge in [0.1, 0.15) is 0 Å². The van der Waals surface area contributed by atoms with E-state index in [0.717, 1.165) is 16.7 Å². The van der Waals surface area contributed by atoms with Crippen LogP contribution in [0.3, 0.4) is 0 Å². The Balaban J connectivity index is 2.85. The third-order valence-electron chi connectivity index (χ3n) is 1.91. The summed E-state index contributed by atoms with van der Waals surface area (Å²) < 4.78 is 0. The molecule has 0 saturated carbocycles. The SMILES string of the molecule is Cc1cc(CO)ccc1C#CCN=[N+]=[N-]. The third kappa shape index (κ3) is 3.35. The van der Waals surface area contributed by atoms with E-state index in [1.54, 1.807) is 0 Å². The van der Waals surface area contributed by atoms with E-state index < -0.39 is 0 Å². The van der Waals surface area contributed by atoms with Gasteiger partial charge in [0.05, 0.1) is 13.2 Å². The van der Waals surface area contributed by atoms with E-state index in [2.05, 4.69) is 21.9 Å². The molecule has 0 saturated heterocycles. The quantitative estimate of drug-likeness (QED) is 0.338. The Kier molecular flexibility index (Phi) is 4.24. The normalized spacial score (nSPS) is 8.67. The first kappa shape index (κ1) is 11.1. The molecular weight excluding hydrogens is 190 g/mol. The molecule has 0 amide bonds. The summed E-state index contributed by atoms with van der Waals surface area (Å²) in [4.78, 5) is 2.61. The lowest BCUT2D eigenvalue weighted by Crippen LogP contribution is -1.88. The molecule has 0 atom stereocenters. The lowest BCUT2D eigenvalue weighted by molar-refractivity contribution is 0.282. The standard InChI is InChI=1S/C11H11N3O/c1-9-7-10(8-15)4-5-11(9)3-2-6-13-14-12/h4-5,7,15H,6,8H2,1H3. The highest BCUT2D eigenvalue weighted by Gasteiger charge is 1.95. The number of aliphatic hydroxyl groups excluding tert-OH is 1. The van der Waals surface area contributed by atoms with Crippen molar-refractivity contribution >= 4 is 0 Å². The van der Waals surface area contributed by atoms with Crippen LogP contribution in [0.15, 0.2) is 23.3 Å². The van der Waals surface area contributed by atoms with Crippen molar-refractivity contribution in [2.45, 2.75) is 13.5 Å². The van der Waals surface area contributed by atoms with Crippen molar-refractivity contribution in [3.8, 4) is 11.8 Å². The molecule has 4 heteroatoms. The number of hydrogen-bond acceptors (Lipinski definition) is 2. The van der Waals surface area contributed by atoms with Crippen LogP contribution in [0.5, 0.6) is 0 Å². The molecule has 15 heavy (non-hydrogen) atoms. The zero-order valence-corrected chi connectivity index (χ0v) is 8.44. The van der Waals surface area contributed by atoms with Crippen LogP contribution in [-0.4, -0.2) is 11.7 Å². The Morgan fingerprint density at radius 1 is 1.53 bits per heavy atom. The fourth-order valence-corrected chi connectivity index (χ4v) is 1.17. The van der Waals surface area contributed by atoms with Crippen molar-refractivity contribution in [1.82, 2.24) is 0 Å². The molecule has 0 heterocycles. The zero-order chi connectivity index (χ0) is 11.1. The highest BCUT2D eigenvalue weighted by atomic mass is 16.3. The number of benzene rings is 1. The minimum atomic E-state index is 0.0350. The highest BCUT2D eigenvalue weighted by molar-refractivity contribution is 5.42. The predicted octanol–water partition coefficient (Wildman–Crippen LogP) is 2.15. The molecule has 1 N–H and O–H groups in total. The van der Waals surface area contributed by atoms with Gasteiger partial charge in [-0.05, 0) is 29.6 Å². The molecule has 0 bridgehead atoms. The van der Waals surface area contributed by atoms with Crippen LogP contribution in [0.1, 0.15) is 16.7 Å². The van der Waals surface area contributed by atoms with Crippen molar-refractivity contribution in [2.75, 3.05) is 6.54 Å². The van der Waals surface area contributed by atoms with Crippen molar-refractivity contribution in [3.05, 3.63) is 45.3 Å². The summed E-state index contributed by atoms with van der Waals surface area (Å²) in [6, 6.07) is 5.56. The first-order valence-corrected chi connectivity index (χ1v) is 4.48.